The van der Waals surface area contributed by atoms with Gasteiger partial charge in [-0.1, -0.05) is 0 Å². The van der Waals surface area contributed by atoms with Crippen molar-refractivity contribution < 1.29 is 13.2 Å². The van der Waals surface area contributed by atoms with Crippen LogP contribution < -0.4 is 15.2 Å². The fourth-order valence-corrected chi connectivity index (χ4v) is 3.65. The molecule has 0 aromatic heterocycles. The van der Waals surface area contributed by atoms with Crippen LogP contribution in [0.25, 0.3) is 0 Å². The van der Waals surface area contributed by atoms with Gasteiger partial charge in [0.15, 0.2) is 0 Å². The zero-order valence-corrected chi connectivity index (χ0v) is 13.7. The van der Waals surface area contributed by atoms with E-state index < -0.39 is 10.0 Å². The van der Waals surface area contributed by atoms with Gasteiger partial charge in [-0.15, -0.1) is 0 Å². The Bertz CT molecular complexity index is 573. The lowest BCUT2D eigenvalue weighted by Gasteiger charge is -2.13. The topological polar surface area (TPSA) is 81.4 Å². The van der Waals surface area contributed by atoms with Crippen LogP contribution in [-0.4, -0.2) is 27.6 Å². The maximum Gasteiger partial charge on any atom is 0.240 e. The maximum absolute atomic E-state index is 12.2. The first-order valence-electron chi connectivity index (χ1n) is 6.61. The number of hydrogen-bond donors (Lipinski definition) is 2. The molecule has 1 atom stereocenters. The summed E-state index contributed by atoms with van der Waals surface area (Å²) in [4.78, 5) is 0.204. The highest BCUT2D eigenvalue weighted by atomic mass is 79.9. The molecule has 0 bridgehead atoms. The van der Waals surface area contributed by atoms with E-state index in [0.717, 1.165) is 12.8 Å². The van der Waals surface area contributed by atoms with E-state index >= 15 is 0 Å². The van der Waals surface area contributed by atoms with Crippen LogP contribution in [-0.2, 0) is 10.0 Å². The van der Waals surface area contributed by atoms with E-state index in [1.165, 1.54) is 12.1 Å². The van der Waals surface area contributed by atoms with Crippen molar-refractivity contribution in [1.82, 2.24) is 4.72 Å². The summed E-state index contributed by atoms with van der Waals surface area (Å²) in [7, 11) is -3.53. The van der Waals surface area contributed by atoms with Gasteiger partial charge in [0, 0.05) is 12.6 Å². The van der Waals surface area contributed by atoms with E-state index in [-0.39, 0.29) is 17.5 Å². The molecule has 1 unspecified atom stereocenters. The molecule has 1 saturated carbocycles. The van der Waals surface area contributed by atoms with Crippen molar-refractivity contribution in [3.8, 4) is 5.75 Å². The number of nitrogens with one attached hydrogen (secondary N) is 1. The molecule has 0 aliphatic heterocycles. The summed E-state index contributed by atoms with van der Waals surface area (Å²) >= 11 is 3.31. The van der Waals surface area contributed by atoms with Gasteiger partial charge in [-0.05, 0) is 59.8 Å². The fourth-order valence-electron chi connectivity index (χ4n) is 1.90. The number of hydrogen-bond acceptors (Lipinski definition) is 4. The molecule has 1 fully saturated rings. The summed E-state index contributed by atoms with van der Waals surface area (Å²) in [5.41, 5.74) is 5.90. The monoisotopic (exact) mass is 362 g/mol. The lowest BCUT2D eigenvalue weighted by molar-refractivity contribution is 0.338. The minimum atomic E-state index is -3.53. The average Bonchev–Trinajstić information content (AvgIpc) is 3.23. The van der Waals surface area contributed by atoms with E-state index in [9.17, 15) is 8.42 Å². The zero-order valence-electron chi connectivity index (χ0n) is 11.3. The van der Waals surface area contributed by atoms with E-state index in [4.69, 9.17) is 10.5 Å². The lowest BCUT2D eigenvalue weighted by atomic mass is 10.2. The van der Waals surface area contributed by atoms with Gasteiger partial charge in [0.1, 0.15) is 5.75 Å². The van der Waals surface area contributed by atoms with Crippen molar-refractivity contribution in [3.63, 3.8) is 0 Å². The van der Waals surface area contributed by atoms with Crippen LogP contribution in [0.5, 0.6) is 5.75 Å². The van der Waals surface area contributed by atoms with Crippen LogP contribution in [0, 0.1) is 5.92 Å². The Hall–Kier alpha value is -0.630. The number of nitrogens with two attached hydrogens (primary N) is 1. The maximum atomic E-state index is 12.2. The van der Waals surface area contributed by atoms with Gasteiger partial charge in [0.25, 0.3) is 0 Å². The van der Waals surface area contributed by atoms with E-state index in [1.807, 2.05) is 6.92 Å². The summed E-state index contributed by atoms with van der Waals surface area (Å²) in [6.07, 6.45) is 2.19. The SMILES string of the molecule is CCOc1ccc(S(=O)(=O)NCC(N)C2CC2)cc1Br. The normalized spacial score (nSPS) is 16.9. The predicted octanol–water partition coefficient (Wildman–Crippen LogP) is 1.86. The molecule has 0 heterocycles. The molecule has 0 amide bonds. The number of halogens is 1. The summed E-state index contributed by atoms with van der Waals surface area (Å²) in [5, 5.41) is 0. The van der Waals surface area contributed by atoms with Crippen molar-refractivity contribution in [2.24, 2.45) is 11.7 Å². The number of benzene rings is 1. The highest BCUT2D eigenvalue weighted by molar-refractivity contribution is 9.10. The molecular weight excluding hydrogens is 344 g/mol. The standard InChI is InChI=1S/C13H19BrN2O3S/c1-2-19-13-6-5-10(7-11(13)14)20(17,18)16-8-12(15)9-3-4-9/h5-7,9,12,16H,2-4,8,15H2,1H3. The van der Waals surface area contributed by atoms with Crippen LogP contribution in [0.4, 0.5) is 0 Å². The quantitative estimate of drug-likeness (QED) is 0.775. The van der Waals surface area contributed by atoms with Gasteiger partial charge in [-0.2, -0.15) is 0 Å². The second kappa shape index (κ2) is 6.43. The van der Waals surface area contributed by atoms with Gasteiger partial charge in [0.2, 0.25) is 10.0 Å². The van der Waals surface area contributed by atoms with Gasteiger partial charge in [-0.25, -0.2) is 13.1 Å². The zero-order chi connectivity index (χ0) is 14.8. The average molecular weight is 363 g/mol. The van der Waals surface area contributed by atoms with Crippen molar-refractivity contribution in [1.29, 1.82) is 0 Å². The van der Waals surface area contributed by atoms with Crippen LogP contribution in [0.2, 0.25) is 0 Å². The molecule has 3 N–H and O–H groups in total. The first kappa shape index (κ1) is 15.8. The minimum Gasteiger partial charge on any atom is -0.493 e. The van der Waals surface area contributed by atoms with Gasteiger partial charge in [-0.3, -0.25) is 0 Å². The highest BCUT2D eigenvalue weighted by Gasteiger charge is 2.29. The van der Waals surface area contributed by atoms with Crippen LogP contribution in [0.15, 0.2) is 27.6 Å². The number of rotatable bonds is 7. The third-order valence-corrected chi connectivity index (χ3v) is 5.29. The first-order valence-corrected chi connectivity index (χ1v) is 8.89. The predicted molar refractivity (Wildman–Crippen MR) is 81.2 cm³/mol. The van der Waals surface area contributed by atoms with Crippen LogP contribution >= 0.6 is 15.9 Å². The summed E-state index contributed by atoms with van der Waals surface area (Å²) in [6, 6.07) is 4.61. The molecule has 112 valence electrons. The van der Waals surface area contributed by atoms with E-state index in [1.54, 1.807) is 6.07 Å². The molecule has 0 spiro atoms. The Balaban J connectivity index is 2.06. The van der Waals surface area contributed by atoms with Crippen molar-refractivity contribution in [3.05, 3.63) is 22.7 Å². The Labute approximate surface area is 128 Å². The Morgan fingerprint density at radius 3 is 2.75 bits per heavy atom. The Kier molecular flexibility index (Phi) is 5.06. The lowest BCUT2D eigenvalue weighted by Crippen LogP contribution is -2.38. The molecule has 5 nitrogen and oxygen atoms in total. The molecular formula is C13H19BrN2O3S. The van der Waals surface area contributed by atoms with Gasteiger partial charge >= 0.3 is 0 Å². The van der Waals surface area contributed by atoms with Crippen LogP contribution in [0.3, 0.4) is 0 Å². The molecule has 1 aromatic rings. The third kappa shape index (κ3) is 3.94. The number of ether oxygens (including phenoxy) is 1. The minimum absolute atomic E-state index is 0.101. The number of sulfonamides is 1. The first-order chi connectivity index (χ1) is 9.44. The smallest absolute Gasteiger partial charge is 0.240 e. The van der Waals surface area contributed by atoms with E-state index in [2.05, 4.69) is 20.7 Å². The largest absolute Gasteiger partial charge is 0.493 e. The summed E-state index contributed by atoms with van der Waals surface area (Å²) < 4.78 is 32.9. The third-order valence-electron chi connectivity index (χ3n) is 3.25. The summed E-state index contributed by atoms with van der Waals surface area (Å²) in [5.74, 6) is 1.09. The van der Waals surface area contributed by atoms with E-state index in [0.29, 0.717) is 22.7 Å². The Morgan fingerprint density at radius 2 is 2.20 bits per heavy atom. The molecule has 1 aliphatic rings. The molecule has 1 aromatic carbocycles. The second-order valence-electron chi connectivity index (χ2n) is 4.88. The molecule has 0 radical (unpaired) electrons. The van der Waals surface area contributed by atoms with Crippen molar-refractivity contribution >= 4 is 26.0 Å². The molecule has 2 rings (SSSR count). The van der Waals surface area contributed by atoms with Gasteiger partial charge < -0.3 is 10.5 Å². The fraction of sp³-hybridized carbons (Fsp3) is 0.538. The Morgan fingerprint density at radius 1 is 1.50 bits per heavy atom. The molecule has 0 saturated heterocycles. The second-order valence-corrected chi connectivity index (χ2v) is 7.50. The molecule has 20 heavy (non-hydrogen) atoms. The van der Waals surface area contributed by atoms with Crippen molar-refractivity contribution in [2.45, 2.75) is 30.7 Å². The summed E-state index contributed by atoms with van der Waals surface area (Å²) in [6.45, 7) is 2.68. The van der Waals surface area contributed by atoms with Gasteiger partial charge in [0.05, 0.1) is 16.0 Å². The van der Waals surface area contributed by atoms with Crippen LogP contribution in [0.1, 0.15) is 19.8 Å². The molecule has 7 heteroatoms. The van der Waals surface area contributed by atoms with Crippen molar-refractivity contribution in [2.75, 3.05) is 13.2 Å². The highest BCUT2D eigenvalue weighted by Crippen LogP contribution is 2.31. The molecule has 1 aliphatic carbocycles.